The van der Waals surface area contributed by atoms with Crippen molar-refractivity contribution < 1.29 is 18.3 Å². The number of rotatable bonds is 0. The highest BCUT2D eigenvalue weighted by atomic mass is 19.1. The van der Waals surface area contributed by atoms with E-state index in [1.54, 1.807) is 26.8 Å². The summed E-state index contributed by atoms with van der Waals surface area (Å²) in [6, 6.07) is 9.28. The molecule has 0 unspecified atom stereocenters. The van der Waals surface area contributed by atoms with Gasteiger partial charge in [0, 0.05) is 11.5 Å². The Balaban J connectivity index is 1.65. The van der Waals surface area contributed by atoms with Crippen molar-refractivity contribution in [2.24, 2.45) is 0 Å². The van der Waals surface area contributed by atoms with Crippen LogP contribution in [0, 0.1) is 11.8 Å². The second-order valence-corrected chi connectivity index (χ2v) is 6.70. The van der Waals surface area contributed by atoms with Crippen molar-refractivity contribution in [3.05, 3.63) is 36.1 Å². The lowest BCUT2D eigenvalue weighted by molar-refractivity contribution is -0.0271. The largest absolute Gasteiger partial charge is 0.448 e. The fraction of sp³-hybridized carbons (Fsp3) is 0.389. The molecule has 23 heavy (non-hydrogen) atoms. The van der Waals surface area contributed by atoms with Crippen molar-refractivity contribution in [1.82, 2.24) is 4.90 Å². The molecular formula is C18H18FNO3. The number of hydrogen-bond donors (Lipinski definition) is 0. The van der Waals surface area contributed by atoms with Crippen LogP contribution in [0.3, 0.4) is 0 Å². The standard InChI is InChI=1S/C18H18FNO3/c1-17(2,3)23-16(21)20-11-18(19,12-20)9-8-14-10-13-6-4-5-7-15(13)22-14/h4-7,10H,11-12H2,1-3H3. The molecule has 1 aromatic carbocycles. The molecule has 4 nitrogen and oxygen atoms in total. The Bertz CT molecular complexity index is 768. The van der Waals surface area contributed by atoms with Gasteiger partial charge in [0.05, 0.1) is 13.1 Å². The summed E-state index contributed by atoms with van der Waals surface area (Å²) in [5.74, 6) is 5.69. The van der Waals surface area contributed by atoms with E-state index in [-0.39, 0.29) is 13.1 Å². The quantitative estimate of drug-likeness (QED) is 0.696. The molecule has 5 heteroatoms. The first-order chi connectivity index (χ1) is 10.7. The first-order valence-corrected chi connectivity index (χ1v) is 7.43. The molecule has 0 spiro atoms. The van der Waals surface area contributed by atoms with Crippen molar-refractivity contribution in [3.63, 3.8) is 0 Å². The van der Waals surface area contributed by atoms with Crippen molar-refractivity contribution in [2.75, 3.05) is 13.1 Å². The maximum atomic E-state index is 14.4. The number of ether oxygens (including phenoxy) is 1. The Labute approximate surface area is 134 Å². The van der Waals surface area contributed by atoms with Crippen LogP contribution in [0.1, 0.15) is 26.5 Å². The third-order valence-electron chi connectivity index (χ3n) is 3.37. The lowest BCUT2D eigenvalue weighted by atomic mass is 9.97. The van der Waals surface area contributed by atoms with Gasteiger partial charge in [-0.2, -0.15) is 0 Å². The van der Waals surface area contributed by atoms with Crippen LogP contribution >= 0.6 is 0 Å². The number of furan rings is 1. The normalized spacial score (nSPS) is 16.4. The van der Waals surface area contributed by atoms with Crippen LogP contribution in [-0.2, 0) is 4.74 Å². The van der Waals surface area contributed by atoms with E-state index in [4.69, 9.17) is 9.15 Å². The third kappa shape index (κ3) is 3.48. The number of alkyl halides is 1. The van der Waals surface area contributed by atoms with Gasteiger partial charge in [-0.05, 0) is 32.8 Å². The summed E-state index contributed by atoms with van der Waals surface area (Å²) in [7, 11) is 0. The molecule has 1 aromatic heterocycles. The molecule has 0 aliphatic carbocycles. The van der Waals surface area contributed by atoms with Crippen molar-refractivity contribution in [1.29, 1.82) is 0 Å². The van der Waals surface area contributed by atoms with Gasteiger partial charge >= 0.3 is 6.09 Å². The third-order valence-corrected chi connectivity index (χ3v) is 3.37. The molecule has 120 valence electrons. The van der Waals surface area contributed by atoms with Gasteiger partial charge in [0.2, 0.25) is 5.67 Å². The second-order valence-electron chi connectivity index (χ2n) is 6.70. The van der Waals surface area contributed by atoms with Gasteiger partial charge in [-0.3, -0.25) is 4.90 Å². The molecule has 1 amide bonds. The number of likely N-dealkylation sites (tertiary alicyclic amines) is 1. The summed E-state index contributed by atoms with van der Waals surface area (Å²) in [5, 5.41) is 0.925. The van der Waals surface area contributed by atoms with Crippen LogP contribution < -0.4 is 0 Å². The summed E-state index contributed by atoms with van der Waals surface area (Å²) < 4.78 is 25.1. The number of nitrogens with zero attached hydrogens (tertiary/aromatic N) is 1. The van der Waals surface area contributed by atoms with Crippen LogP contribution in [0.15, 0.2) is 34.7 Å². The highest BCUT2D eigenvalue weighted by molar-refractivity contribution is 5.78. The average molecular weight is 315 g/mol. The molecule has 0 bridgehead atoms. The number of hydrogen-bond acceptors (Lipinski definition) is 3. The average Bonchev–Trinajstić information content (AvgIpc) is 2.83. The number of fused-ring (bicyclic) bond motifs is 1. The van der Waals surface area contributed by atoms with E-state index in [1.165, 1.54) is 4.90 Å². The fourth-order valence-corrected chi connectivity index (χ4v) is 2.31. The number of benzene rings is 1. The van der Waals surface area contributed by atoms with Gasteiger partial charge < -0.3 is 9.15 Å². The molecule has 2 aromatic rings. The zero-order chi connectivity index (χ0) is 16.7. The molecule has 0 radical (unpaired) electrons. The first kappa shape index (κ1) is 15.4. The minimum Gasteiger partial charge on any atom is -0.448 e. The fourth-order valence-electron chi connectivity index (χ4n) is 2.31. The molecule has 1 saturated heterocycles. The van der Waals surface area contributed by atoms with Crippen LogP contribution in [0.4, 0.5) is 9.18 Å². The minimum atomic E-state index is -1.71. The Morgan fingerprint density at radius 2 is 2.04 bits per heavy atom. The van der Waals surface area contributed by atoms with Crippen molar-refractivity contribution in [3.8, 4) is 11.8 Å². The van der Waals surface area contributed by atoms with Crippen molar-refractivity contribution >= 4 is 17.1 Å². The predicted octanol–water partition coefficient (Wildman–Crippen LogP) is 3.74. The lowest BCUT2D eigenvalue weighted by Crippen LogP contribution is -2.61. The van der Waals surface area contributed by atoms with E-state index in [0.717, 1.165) is 5.39 Å². The molecule has 0 saturated carbocycles. The predicted molar refractivity (Wildman–Crippen MR) is 84.7 cm³/mol. The number of para-hydroxylation sites is 1. The monoisotopic (exact) mass is 315 g/mol. The van der Waals surface area contributed by atoms with Gasteiger partial charge in [-0.15, -0.1) is 0 Å². The molecule has 2 heterocycles. The van der Waals surface area contributed by atoms with E-state index in [9.17, 15) is 9.18 Å². The van der Waals surface area contributed by atoms with Crippen LogP contribution in [0.2, 0.25) is 0 Å². The molecular weight excluding hydrogens is 297 g/mol. The summed E-state index contributed by atoms with van der Waals surface area (Å²) in [5.41, 5.74) is -1.59. The zero-order valence-electron chi connectivity index (χ0n) is 13.4. The van der Waals surface area contributed by atoms with Crippen molar-refractivity contribution in [2.45, 2.75) is 32.0 Å². The number of carbonyl (C=O) groups is 1. The summed E-state index contributed by atoms with van der Waals surface area (Å²) in [4.78, 5) is 13.1. The van der Waals surface area contributed by atoms with Gasteiger partial charge in [0.25, 0.3) is 0 Å². The highest BCUT2D eigenvalue weighted by Crippen LogP contribution is 2.27. The summed E-state index contributed by atoms with van der Waals surface area (Å²) in [6.45, 7) is 5.14. The topological polar surface area (TPSA) is 42.7 Å². The number of carbonyl (C=O) groups excluding carboxylic acids is 1. The van der Waals surface area contributed by atoms with E-state index >= 15 is 0 Å². The van der Waals surface area contributed by atoms with E-state index in [0.29, 0.717) is 11.3 Å². The van der Waals surface area contributed by atoms with E-state index in [1.807, 2.05) is 24.3 Å². The van der Waals surface area contributed by atoms with Crippen LogP contribution in [0.5, 0.6) is 0 Å². The summed E-state index contributed by atoms with van der Waals surface area (Å²) >= 11 is 0. The van der Waals surface area contributed by atoms with Gasteiger partial charge in [-0.1, -0.05) is 24.1 Å². The van der Waals surface area contributed by atoms with Crippen LogP contribution in [-0.4, -0.2) is 35.4 Å². The second kappa shape index (κ2) is 5.31. The molecule has 1 fully saturated rings. The van der Waals surface area contributed by atoms with Crippen LogP contribution in [0.25, 0.3) is 11.0 Å². The minimum absolute atomic E-state index is 0.0882. The smallest absolute Gasteiger partial charge is 0.410 e. The Kier molecular flexibility index (Phi) is 3.56. The van der Waals surface area contributed by atoms with Gasteiger partial charge in [-0.25, -0.2) is 9.18 Å². The van der Waals surface area contributed by atoms with Gasteiger partial charge in [0.15, 0.2) is 5.76 Å². The highest BCUT2D eigenvalue weighted by Gasteiger charge is 2.46. The Morgan fingerprint density at radius 1 is 1.35 bits per heavy atom. The first-order valence-electron chi connectivity index (χ1n) is 7.43. The maximum absolute atomic E-state index is 14.4. The van der Waals surface area contributed by atoms with Gasteiger partial charge in [0.1, 0.15) is 11.2 Å². The zero-order valence-corrected chi connectivity index (χ0v) is 13.4. The SMILES string of the molecule is CC(C)(C)OC(=O)N1CC(F)(C#Cc2cc3ccccc3o2)C1. The Hall–Kier alpha value is -2.48. The number of amides is 1. The summed E-state index contributed by atoms with van der Waals surface area (Å²) in [6.07, 6.45) is -0.517. The number of halogens is 1. The lowest BCUT2D eigenvalue weighted by Gasteiger charge is -2.41. The van der Waals surface area contributed by atoms with E-state index in [2.05, 4.69) is 11.8 Å². The molecule has 1 aliphatic rings. The molecule has 3 rings (SSSR count). The maximum Gasteiger partial charge on any atom is 0.410 e. The van der Waals surface area contributed by atoms with E-state index < -0.39 is 17.4 Å². The Morgan fingerprint density at radius 3 is 2.70 bits per heavy atom. The molecule has 0 atom stereocenters. The molecule has 0 N–H and O–H groups in total. The molecule has 1 aliphatic heterocycles.